The van der Waals surface area contributed by atoms with Crippen molar-refractivity contribution in [1.82, 2.24) is 20.0 Å². The summed E-state index contributed by atoms with van der Waals surface area (Å²) in [5, 5.41) is 11.0. The molecule has 134 valence electrons. The van der Waals surface area contributed by atoms with Gasteiger partial charge in [0, 0.05) is 11.9 Å². The van der Waals surface area contributed by atoms with Crippen LogP contribution in [0.15, 0.2) is 42.7 Å². The zero-order chi connectivity index (χ0) is 18.5. The molecule has 2 heterocycles. The molecule has 0 radical (unpaired) electrons. The Kier molecular flexibility index (Phi) is 5.26. The fourth-order valence-electron chi connectivity index (χ4n) is 2.62. The highest BCUT2D eigenvalue weighted by Gasteiger charge is 2.11. The van der Waals surface area contributed by atoms with Gasteiger partial charge >= 0.3 is 0 Å². The number of hydrogen-bond acceptors (Lipinski definition) is 5. The zero-order valence-electron chi connectivity index (χ0n) is 15.1. The topological polar surface area (TPSA) is 81.9 Å². The summed E-state index contributed by atoms with van der Waals surface area (Å²) in [4.78, 5) is 16.6. The number of nitrogens with zero attached hydrogens (tertiary/aromatic N) is 4. The van der Waals surface area contributed by atoms with Crippen molar-refractivity contribution in [3.05, 3.63) is 53.9 Å². The van der Waals surface area contributed by atoms with Gasteiger partial charge in [-0.05, 0) is 56.2 Å². The number of aryl methyl sites for hydroxylation is 2. The number of aromatic nitrogens is 4. The minimum Gasteiger partial charge on any atom is -0.494 e. The van der Waals surface area contributed by atoms with Crippen LogP contribution in [0.25, 0.3) is 11.4 Å². The maximum atomic E-state index is 12.2. The van der Waals surface area contributed by atoms with Gasteiger partial charge in [0.15, 0.2) is 0 Å². The molecule has 0 bridgehead atoms. The average Bonchev–Trinajstić information content (AvgIpc) is 3.05. The minimum absolute atomic E-state index is 0.0745. The van der Waals surface area contributed by atoms with Gasteiger partial charge in [0.2, 0.25) is 5.91 Å². The van der Waals surface area contributed by atoms with Crippen molar-refractivity contribution in [2.75, 3.05) is 11.9 Å². The van der Waals surface area contributed by atoms with Gasteiger partial charge in [-0.25, -0.2) is 4.68 Å². The van der Waals surface area contributed by atoms with Crippen molar-refractivity contribution in [3.63, 3.8) is 0 Å². The first-order valence-electron chi connectivity index (χ1n) is 8.41. The lowest BCUT2D eigenvalue weighted by molar-refractivity contribution is -0.116. The quantitative estimate of drug-likeness (QED) is 0.738. The lowest BCUT2D eigenvalue weighted by Gasteiger charge is -2.07. The molecule has 1 N–H and O–H groups in total. The molecule has 7 nitrogen and oxygen atoms in total. The Bertz CT molecular complexity index is 903. The fraction of sp³-hybridized carbons (Fsp3) is 0.263. The molecule has 26 heavy (non-hydrogen) atoms. The molecule has 3 aromatic rings. The molecule has 0 saturated carbocycles. The van der Waals surface area contributed by atoms with Crippen molar-refractivity contribution >= 4 is 11.6 Å². The van der Waals surface area contributed by atoms with Gasteiger partial charge in [-0.15, -0.1) is 5.10 Å². The number of pyridine rings is 1. The summed E-state index contributed by atoms with van der Waals surface area (Å²) in [7, 11) is 0. The van der Waals surface area contributed by atoms with E-state index in [1.807, 2.05) is 39.0 Å². The van der Waals surface area contributed by atoms with Gasteiger partial charge in [0.25, 0.3) is 0 Å². The number of hydrogen-bond donors (Lipinski definition) is 1. The van der Waals surface area contributed by atoms with Crippen molar-refractivity contribution in [2.45, 2.75) is 27.3 Å². The van der Waals surface area contributed by atoms with Gasteiger partial charge in [-0.3, -0.25) is 9.78 Å². The van der Waals surface area contributed by atoms with Crippen LogP contribution in [0.3, 0.4) is 0 Å². The van der Waals surface area contributed by atoms with Crippen molar-refractivity contribution < 1.29 is 9.53 Å². The van der Waals surface area contributed by atoms with E-state index in [1.54, 1.807) is 24.5 Å². The first kappa shape index (κ1) is 17.6. The van der Waals surface area contributed by atoms with E-state index in [9.17, 15) is 4.79 Å². The van der Waals surface area contributed by atoms with Crippen molar-refractivity contribution in [2.24, 2.45) is 0 Å². The number of nitrogens with one attached hydrogen (secondary N) is 1. The van der Waals surface area contributed by atoms with E-state index in [0.29, 0.717) is 18.0 Å². The number of rotatable bonds is 6. The summed E-state index contributed by atoms with van der Waals surface area (Å²) < 4.78 is 6.88. The summed E-state index contributed by atoms with van der Waals surface area (Å²) in [5.74, 6) is 0.589. The average molecular weight is 351 g/mol. The molecule has 0 aliphatic heterocycles. The SMILES string of the molecule is CCOc1ccc(NC(=O)Cn2cc(-c3ncc(C)cc3C)nn2)cc1. The van der Waals surface area contributed by atoms with Crippen LogP contribution in [0.4, 0.5) is 5.69 Å². The van der Waals surface area contributed by atoms with Gasteiger partial charge in [0.05, 0.1) is 18.5 Å². The standard InChI is InChI=1S/C19H21N5O2/c1-4-26-16-7-5-15(6-8-16)21-18(25)12-24-11-17(22-23-24)19-14(3)9-13(2)10-20-19/h5-11H,4,12H2,1-3H3,(H,21,25). The number of benzene rings is 1. The molecule has 7 heteroatoms. The first-order chi connectivity index (χ1) is 12.5. The number of carbonyl (C=O) groups is 1. The lowest BCUT2D eigenvalue weighted by atomic mass is 10.1. The molecule has 0 fully saturated rings. The second kappa shape index (κ2) is 7.77. The summed E-state index contributed by atoms with van der Waals surface area (Å²) in [5.41, 5.74) is 4.24. The highest BCUT2D eigenvalue weighted by molar-refractivity contribution is 5.90. The van der Waals surface area contributed by atoms with Crippen LogP contribution in [0.2, 0.25) is 0 Å². The second-order valence-electron chi connectivity index (χ2n) is 5.99. The monoisotopic (exact) mass is 351 g/mol. The van der Waals surface area contributed by atoms with Crippen LogP contribution >= 0.6 is 0 Å². The third-order valence-electron chi connectivity index (χ3n) is 3.75. The molecule has 3 rings (SSSR count). The van der Waals surface area contributed by atoms with Crippen LogP contribution < -0.4 is 10.1 Å². The molecule has 1 amide bonds. The molecule has 0 aliphatic rings. The number of carbonyl (C=O) groups excluding carboxylic acids is 1. The number of anilines is 1. The van der Waals surface area contributed by atoms with E-state index in [2.05, 4.69) is 20.6 Å². The number of ether oxygens (including phenoxy) is 1. The second-order valence-corrected chi connectivity index (χ2v) is 5.99. The molecule has 0 aliphatic carbocycles. The van der Waals surface area contributed by atoms with E-state index in [4.69, 9.17) is 4.74 Å². The lowest BCUT2D eigenvalue weighted by Crippen LogP contribution is -2.19. The van der Waals surface area contributed by atoms with Gasteiger partial charge < -0.3 is 10.1 Å². The normalized spacial score (nSPS) is 10.6. The predicted molar refractivity (Wildman–Crippen MR) is 99.0 cm³/mol. The van der Waals surface area contributed by atoms with E-state index in [-0.39, 0.29) is 12.5 Å². The third kappa shape index (κ3) is 4.24. The molecule has 1 aromatic carbocycles. The Hall–Kier alpha value is -3.22. The van der Waals surface area contributed by atoms with Crippen LogP contribution in [-0.4, -0.2) is 32.5 Å². The zero-order valence-corrected chi connectivity index (χ0v) is 15.1. The largest absolute Gasteiger partial charge is 0.494 e. The predicted octanol–water partition coefficient (Wildman–Crippen LogP) is 2.99. The molecule has 0 unspecified atom stereocenters. The van der Waals surface area contributed by atoms with E-state index in [0.717, 1.165) is 22.6 Å². The maximum Gasteiger partial charge on any atom is 0.246 e. The smallest absolute Gasteiger partial charge is 0.246 e. The van der Waals surface area contributed by atoms with E-state index in [1.165, 1.54) is 4.68 Å². The summed E-state index contributed by atoms with van der Waals surface area (Å²) in [6.45, 7) is 6.58. The van der Waals surface area contributed by atoms with Crippen LogP contribution in [0.1, 0.15) is 18.1 Å². The molecule has 2 aromatic heterocycles. The van der Waals surface area contributed by atoms with Crippen LogP contribution in [0.5, 0.6) is 5.75 Å². The third-order valence-corrected chi connectivity index (χ3v) is 3.75. The van der Waals surface area contributed by atoms with Crippen molar-refractivity contribution in [3.8, 4) is 17.1 Å². The first-order valence-corrected chi connectivity index (χ1v) is 8.41. The Morgan fingerprint density at radius 1 is 1.23 bits per heavy atom. The van der Waals surface area contributed by atoms with Crippen molar-refractivity contribution in [1.29, 1.82) is 0 Å². The molecule has 0 atom stereocenters. The van der Waals surface area contributed by atoms with Gasteiger partial charge in [-0.1, -0.05) is 11.3 Å². The van der Waals surface area contributed by atoms with Gasteiger partial charge in [0.1, 0.15) is 18.0 Å². The Morgan fingerprint density at radius 2 is 2.00 bits per heavy atom. The minimum atomic E-state index is -0.181. The Labute approximate surface area is 152 Å². The fourth-order valence-corrected chi connectivity index (χ4v) is 2.62. The highest BCUT2D eigenvalue weighted by atomic mass is 16.5. The molecule has 0 spiro atoms. The number of amides is 1. The maximum absolute atomic E-state index is 12.2. The van der Waals surface area contributed by atoms with Crippen LogP contribution in [-0.2, 0) is 11.3 Å². The van der Waals surface area contributed by atoms with Gasteiger partial charge in [-0.2, -0.15) is 0 Å². The summed E-state index contributed by atoms with van der Waals surface area (Å²) in [6, 6.07) is 9.28. The summed E-state index contributed by atoms with van der Waals surface area (Å²) in [6.07, 6.45) is 3.52. The highest BCUT2D eigenvalue weighted by Crippen LogP contribution is 2.19. The Morgan fingerprint density at radius 3 is 2.69 bits per heavy atom. The van der Waals surface area contributed by atoms with E-state index >= 15 is 0 Å². The van der Waals surface area contributed by atoms with Crippen LogP contribution in [0, 0.1) is 13.8 Å². The molecular weight excluding hydrogens is 330 g/mol. The molecular formula is C19H21N5O2. The van der Waals surface area contributed by atoms with E-state index < -0.39 is 0 Å². The summed E-state index contributed by atoms with van der Waals surface area (Å²) >= 11 is 0. The Balaban J connectivity index is 1.64. The molecule has 0 saturated heterocycles.